The van der Waals surface area contributed by atoms with Gasteiger partial charge in [-0.2, -0.15) is 0 Å². The molecule has 0 saturated carbocycles. The largest absolute Gasteiger partial charge is 0.504 e. The molecule has 0 heterocycles. The standard InChI is InChI=1S/C42H76O3/c1-3-5-7-9-11-13-15-17-19-21-22-24-26-28-30-32-34-38-36-39(42(45)41(44)37-38)40(43)35-33-31-29-27-25-23-20-18-16-14-12-10-8-6-4-2/h36-37,44-45H,3-35H2,1-2H3. The number of hydrogen-bond donors (Lipinski definition) is 2. The molecule has 0 unspecified atom stereocenters. The molecular formula is C42H76O3. The van der Waals surface area contributed by atoms with E-state index in [1.807, 2.05) is 6.07 Å². The molecule has 0 aliphatic carbocycles. The van der Waals surface area contributed by atoms with Crippen LogP contribution in [-0.4, -0.2) is 16.0 Å². The normalized spacial score (nSPS) is 11.4. The van der Waals surface area contributed by atoms with E-state index in [-0.39, 0.29) is 17.3 Å². The van der Waals surface area contributed by atoms with Gasteiger partial charge >= 0.3 is 0 Å². The average Bonchev–Trinajstić information content (AvgIpc) is 3.04. The molecular weight excluding hydrogens is 552 g/mol. The number of ketones is 1. The van der Waals surface area contributed by atoms with Crippen molar-refractivity contribution < 1.29 is 15.0 Å². The van der Waals surface area contributed by atoms with Crippen LogP contribution in [0.4, 0.5) is 0 Å². The summed E-state index contributed by atoms with van der Waals surface area (Å²) in [5.41, 5.74) is 1.28. The van der Waals surface area contributed by atoms with Gasteiger partial charge in [0.2, 0.25) is 0 Å². The van der Waals surface area contributed by atoms with Gasteiger partial charge in [-0.15, -0.1) is 0 Å². The maximum Gasteiger partial charge on any atom is 0.168 e. The SMILES string of the molecule is CCCCCCCCCCCCCCCCCCc1cc(O)c(O)c(C(=O)CCCCCCCCCCCCCCCCC)c1. The van der Waals surface area contributed by atoms with Crippen LogP contribution in [0.3, 0.4) is 0 Å². The van der Waals surface area contributed by atoms with Crippen LogP contribution >= 0.6 is 0 Å². The number of hydrogen-bond acceptors (Lipinski definition) is 3. The lowest BCUT2D eigenvalue weighted by molar-refractivity contribution is 0.0975. The van der Waals surface area contributed by atoms with E-state index >= 15 is 0 Å². The molecule has 0 aromatic heterocycles. The molecule has 3 nitrogen and oxygen atoms in total. The first-order valence-corrected chi connectivity index (χ1v) is 20.2. The summed E-state index contributed by atoms with van der Waals surface area (Å²) in [5.74, 6) is -0.424. The minimum atomic E-state index is -0.239. The Kier molecular flexibility index (Phi) is 28.7. The van der Waals surface area contributed by atoms with Crippen LogP contribution in [0.15, 0.2) is 12.1 Å². The van der Waals surface area contributed by atoms with Crippen molar-refractivity contribution in [3.8, 4) is 11.5 Å². The molecule has 1 rings (SSSR count). The average molecular weight is 629 g/mol. The van der Waals surface area contributed by atoms with Crippen LogP contribution in [0, 0.1) is 0 Å². The first-order chi connectivity index (χ1) is 22.1. The van der Waals surface area contributed by atoms with E-state index in [0.29, 0.717) is 12.0 Å². The predicted molar refractivity (Wildman–Crippen MR) is 197 cm³/mol. The topological polar surface area (TPSA) is 57.5 Å². The second-order valence-electron chi connectivity index (χ2n) is 14.2. The van der Waals surface area contributed by atoms with E-state index in [4.69, 9.17) is 0 Å². The maximum atomic E-state index is 12.9. The van der Waals surface area contributed by atoms with Gasteiger partial charge in [0.15, 0.2) is 17.3 Å². The van der Waals surface area contributed by atoms with Crippen molar-refractivity contribution in [1.82, 2.24) is 0 Å². The Hall–Kier alpha value is -1.51. The summed E-state index contributed by atoms with van der Waals surface area (Å²) >= 11 is 0. The van der Waals surface area contributed by atoms with Crippen molar-refractivity contribution in [2.24, 2.45) is 0 Å². The van der Waals surface area contributed by atoms with Crippen LogP contribution < -0.4 is 0 Å². The molecule has 0 saturated heterocycles. The van der Waals surface area contributed by atoms with Crippen LogP contribution in [0.25, 0.3) is 0 Å². The lowest BCUT2D eigenvalue weighted by Crippen LogP contribution is -2.01. The Labute approximate surface area is 280 Å². The second kappa shape index (κ2) is 31.1. The highest BCUT2D eigenvalue weighted by Gasteiger charge is 2.16. The van der Waals surface area contributed by atoms with Gasteiger partial charge in [-0.05, 0) is 37.0 Å². The molecule has 0 aliphatic rings. The molecule has 0 aliphatic heterocycles. The number of aryl methyl sites for hydroxylation is 1. The van der Waals surface area contributed by atoms with Crippen LogP contribution in [0.2, 0.25) is 0 Å². The fourth-order valence-electron chi connectivity index (χ4n) is 6.70. The molecule has 0 atom stereocenters. The number of aromatic hydroxyl groups is 2. The molecule has 262 valence electrons. The molecule has 0 amide bonds. The van der Waals surface area contributed by atoms with Crippen molar-refractivity contribution in [3.63, 3.8) is 0 Å². The monoisotopic (exact) mass is 629 g/mol. The summed E-state index contributed by atoms with van der Waals surface area (Å²) < 4.78 is 0. The highest BCUT2D eigenvalue weighted by Crippen LogP contribution is 2.32. The Morgan fingerprint density at radius 1 is 0.444 bits per heavy atom. The summed E-state index contributed by atoms with van der Waals surface area (Å²) in [7, 11) is 0. The minimum absolute atomic E-state index is 0.0358. The lowest BCUT2D eigenvalue weighted by atomic mass is 9.97. The molecule has 0 spiro atoms. The van der Waals surface area contributed by atoms with Crippen LogP contribution in [0.1, 0.15) is 235 Å². The van der Waals surface area contributed by atoms with E-state index in [1.54, 1.807) is 6.07 Å². The number of benzene rings is 1. The van der Waals surface area contributed by atoms with Crippen molar-refractivity contribution in [2.45, 2.75) is 226 Å². The number of carbonyl (C=O) groups excluding carboxylic acids is 1. The number of rotatable bonds is 34. The van der Waals surface area contributed by atoms with Crippen molar-refractivity contribution in [1.29, 1.82) is 0 Å². The zero-order valence-electron chi connectivity index (χ0n) is 30.3. The fraction of sp³-hybridized carbons (Fsp3) is 0.833. The second-order valence-corrected chi connectivity index (χ2v) is 14.2. The third-order valence-electron chi connectivity index (χ3n) is 9.78. The highest BCUT2D eigenvalue weighted by molar-refractivity contribution is 5.99. The van der Waals surface area contributed by atoms with Crippen LogP contribution in [-0.2, 0) is 6.42 Å². The predicted octanol–water partition coefficient (Wildman–Crippen LogP) is 14.3. The number of phenols is 2. The van der Waals surface area contributed by atoms with Gasteiger partial charge in [-0.3, -0.25) is 4.79 Å². The van der Waals surface area contributed by atoms with Gasteiger partial charge in [-0.1, -0.05) is 200 Å². The number of phenolic OH excluding ortho intramolecular Hbond substituents is 2. The van der Waals surface area contributed by atoms with Gasteiger partial charge in [0.05, 0.1) is 5.56 Å². The first kappa shape index (κ1) is 41.5. The van der Waals surface area contributed by atoms with E-state index in [1.165, 1.54) is 180 Å². The number of unbranched alkanes of at least 4 members (excludes halogenated alkanes) is 29. The number of carbonyl (C=O) groups is 1. The van der Waals surface area contributed by atoms with Gasteiger partial charge in [0.25, 0.3) is 0 Å². The Morgan fingerprint density at radius 3 is 1.11 bits per heavy atom. The summed E-state index contributed by atoms with van der Waals surface area (Å²) in [6, 6.07) is 3.47. The third kappa shape index (κ3) is 24.3. The van der Waals surface area contributed by atoms with Gasteiger partial charge in [-0.25, -0.2) is 0 Å². The Bertz CT molecular complexity index is 801. The van der Waals surface area contributed by atoms with Gasteiger partial charge in [0.1, 0.15) is 0 Å². The van der Waals surface area contributed by atoms with E-state index in [9.17, 15) is 15.0 Å². The summed E-state index contributed by atoms with van der Waals surface area (Å²) in [6.07, 6.45) is 42.5. The van der Waals surface area contributed by atoms with E-state index in [2.05, 4.69) is 13.8 Å². The molecule has 2 N–H and O–H groups in total. The zero-order chi connectivity index (χ0) is 32.6. The maximum absolute atomic E-state index is 12.9. The Balaban J connectivity index is 2.05. The smallest absolute Gasteiger partial charge is 0.168 e. The molecule has 1 aromatic carbocycles. The zero-order valence-corrected chi connectivity index (χ0v) is 30.3. The summed E-state index contributed by atoms with van der Waals surface area (Å²) in [4.78, 5) is 12.9. The molecule has 0 fully saturated rings. The fourth-order valence-corrected chi connectivity index (χ4v) is 6.70. The highest BCUT2D eigenvalue weighted by atomic mass is 16.3. The van der Waals surface area contributed by atoms with E-state index in [0.717, 1.165) is 31.2 Å². The lowest BCUT2D eigenvalue weighted by Gasteiger charge is -2.10. The van der Waals surface area contributed by atoms with Gasteiger partial charge in [0, 0.05) is 6.42 Å². The molecule has 3 heteroatoms. The van der Waals surface area contributed by atoms with Crippen molar-refractivity contribution >= 4 is 5.78 Å². The van der Waals surface area contributed by atoms with Crippen molar-refractivity contribution in [2.75, 3.05) is 0 Å². The molecule has 45 heavy (non-hydrogen) atoms. The van der Waals surface area contributed by atoms with E-state index < -0.39 is 0 Å². The Morgan fingerprint density at radius 2 is 0.756 bits per heavy atom. The summed E-state index contributed by atoms with van der Waals surface area (Å²) in [5, 5.41) is 20.6. The van der Waals surface area contributed by atoms with Crippen LogP contribution in [0.5, 0.6) is 11.5 Å². The molecule has 0 radical (unpaired) electrons. The molecule has 1 aromatic rings. The minimum Gasteiger partial charge on any atom is -0.504 e. The molecule has 0 bridgehead atoms. The third-order valence-corrected chi connectivity index (χ3v) is 9.78. The van der Waals surface area contributed by atoms with Gasteiger partial charge < -0.3 is 10.2 Å². The first-order valence-electron chi connectivity index (χ1n) is 20.2. The summed E-state index contributed by atoms with van der Waals surface area (Å²) in [6.45, 7) is 4.56. The quantitative estimate of drug-likeness (QED) is 0.0453. The number of Topliss-reactive ketones (excluding diaryl/α,β-unsaturated/α-hetero) is 1. The van der Waals surface area contributed by atoms with Crippen molar-refractivity contribution in [3.05, 3.63) is 23.3 Å².